The molecule has 1 N–H and O–H groups in total. The van der Waals surface area contributed by atoms with Crippen molar-refractivity contribution in [1.29, 1.82) is 0 Å². The molecule has 3 aromatic rings. The van der Waals surface area contributed by atoms with Crippen molar-refractivity contribution >= 4 is 34.3 Å². The SMILES string of the molecule is Cc1nc(C(=O)Nc2ccc3nn(CC(=O)N4CCN(C(=O)C5=CCCC=C5)CC4)cc3c2)co1. The second-order valence-electron chi connectivity index (χ2n) is 8.62. The van der Waals surface area contributed by atoms with Gasteiger partial charge in [-0.05, 0) is 31.0 Å². The lowest BCUT2D eigenvalue weighted by atomic mass is 10.1. The number of hydrogen-bond donors (Lipinski definition) is 1. The number of allylic oxidation sites excluding steroid dienone is 2. The number of rotatable bonds is 5. The molecule has 0 unspecified atom stereocenters. The van der Waals surface area contributed by atoms with Gasteiger partial charge in [0.15, 0.2) is 11.6 Å². The van der Waals surface area contributed by atoms with E-state index >= 15 is 0 Å². The summed E-state index contributed by atoms with van der Waals surface area (Å²) in [4.78, 5) is 45.4. The number of hydrogen-bond acceptors (Lipinski definition) is 6. The van der Waals surface area contributed by atoms with Gasteiger partial charge in [-0.25, -0.2) is 4.98 Å². The maximum absolute atomic E-state index is 12.9. The Morgan fingerprint density at radius 2 is 1.89 bits per heavy atom. The first-order chi connectivity index (χ1) is 17.0. The van der Waals surface area contributed by atoms with E-state index in [1.807, 2.05) is 23.1 Å². The minimum absolute atomic E-state index is 0.0351. The number of nitrogens with zero attached hydrogens (tertiary/aromatic N) is 5. The summed E-state index contributed by atoms with van der Waals surface area (Å²) in [5, 5.41) is 8.07. The quantitative estimate of drug-likeness (QED) is 0.608. The standard InChI is InChI=1S/C25H26N6O4/c1-17-26-22(16-35-17)24(33)27-20-7-8-21-19(13-20)14-31(28-21)15-23(32)29-9-11-30(12-10-29)25(34)18-5-3-2-4-6-18/h3,5-8,13-14,16H,2,4,9-12,15H2,1H3,(H,27,33). The number of nitrogens with one attached hydrogen (secondary N) is 1. The second kappa shape index (κ2) is 9.57. The van der Waals surface area contributed by atoms with Crippen molar-refractivity contribution in [3.05, 3.63) is 66.0 Å². The van der Waals surface area contributed by atoms with E-state index < -0.39 is 0 Å². The molecule has 10 heteroatoms. The number of amides is 3. The van der Waals surface area contributed by atoms with Crippen LogP contribution in [0.4, 0.5) is 5.69 Å². The van der Waals surface area contributed by atoms with Gasteiger partial charge in [0.25, 0.3) is 11.8 Å². The average Bonchev–Trinajstić information content (AvgIpc) is 3.49. The van der Waals surface area contributed by atoms with E-state index in [1.54, 1.807) is 40.9 Å². The molecular formula is C25H26N6O4. The van der Waals surface area contributed by atoms with Crippen molar-refractivity contribution in [2.75, 3.05) is 31.5 Å². The molecule has 10 nitrogen and oxygen atoms in total. The van der Waals surface area contributed by atoms with Gasteiger partial charge in [-0.15, -0.1) is 0 Å². The van der Waals surface area contributed by atoms with Gasteiger partial charge in [0, 0.05) is 55.9 Å². The van der Waals surface area contributed by atoms with Crippen LogP contribution in [0.1, 0.15) is 29.2 Å². The smallest absolute Gasteiger partial charge is 0.277 e. The first kappa shape index (κ1) is 22.6. The number of carbonyl (C=O) groups excluding carboxylic acids is 3. The summed E-state index contributed by atoms with van der Waals surface area (Å²) in [6.45, 7) is 3.82. The molecule has 1 saturated heterocycles. The summed E-state index contributed by atoms with van der Waals surface area (Å²) in [6.07, 6.45) is 10.9. The lowest BCUT2D eigenvalue weighted by Gasteiger charge is -2.35. The Bertz CT molecular complexity index is 1340. The lowest BCUT2D eigenvalue weighted by molar-refractivity contribution is -0.138. The predicted molar refractivity (Wildman–Crippen MR) is 129 cm³/mol. The summed E-state index contributed by atoms with van der Waals surface area (Å²) in [5.74, 6) is 0.0464. The van der Waals surface area contributed by atoms with Crippen LogP contribution in [-0.2, 0) is 16.1 Å². The third-order valence-electron chi connectivity index (χ3n) is 6.12. The fourth-order valence-electron chi connectivity index (χ4n) is 4.25. The minimum Gasteiger partial charge on any atom is -0.448 e. The fraction of sp³-hybridized carbons (Fsp3) is 0.320. The van der Waals surface area contributed by atoms with Crippen LogP contribution in [-0.4, -0.2) is 68.5 Å². The Morgan fingerprint density at radius 1 is 1.09 bits per heavy atom. The van der Waals surface area contributed by atoms with E-state index in [0.717, 1.165) is 29.3 Å². The average molecular weight is 475 g/mol. The van der Waals surface area contributed by atoms with Gasteiger partial charge in [-0.2, -0.15) is 5.10 Å². The molecule has 0 spiro atoms. The number of anilines is 1. The fourth-order valence-corrected chi connectivity index (χ4v) is 4.25. The van der Waals surface area contributed by atoms with Gasteiger partial charge in [-0.1, -0.05) is 18.2 Å². The highest BCUT2D eigenvalue weighted by molar-refractivity contribution is 6.03. The summed E-state index contributed by atoms with van der Waals surface area (Å²) < 4.78 is 6.69. The molecular weight excluding hydrogens is 448 g/mol. The van der Waals surface area contributed by atoms with Gasteiger partial charge in [0.1, 0.15) is 12.8 Å². The largest absolute Gasteiger partial charge is 0.448 e. The van der Waals surface area contributed by atoms with Crippen LogP contribution in [0.15, 0.2) is 58.9 Å². The predicted octanol–water partition coefficient (Wildman–Crippen LogP) is 2.53. The van der Waals surface area contributed by atoms with Crippen molar-refractivity contribution in [1.82, 2.24) is 24.6 Å². The summed E-state index contributed by atoms with van der Waals surface area (Å²) in [6, 6.07) is 5.34. The van der Waals surface area contributed by atoms with Crippen LogP contribution in [0.3, 0.4) is 0 Å². The van der Waals surface area contributed by atoms with Crippen molar-refractivity contribution in [2.45, 2.75) is 26.3 Å². The van der Waals surface area contributed by atoms with Crippen LogP contribution in [0.25, 0.3) is 10.9 Å². The van der Waals surface area contributed by atoms with Crippen molar-refractivity contribution in [2.24, 2.45) is 0 Å². The summed E-state index contributed by atoms with van der Waals surface area (Å²) in [5.41, 5.74) is 2.26. The number of carbonyl (C=O) groups is 3. The van der Waals surface area contributed by atoms with E-state index in [1.165, 1.54) is 6.26 Å². The van der Waals surface area contributed by atoms with E-state index in [2.05, 4.69) is 15.4 Å². The van der Waals surface area contributed by atoms with Crippen LogP contribution in [0.2, 0.25) is 0 Å². The molecule has 3 amide bonds. The van der Waals surface area contributed by atoms with Crippen LogP contribution < -0.4 is 5.32 Å². The summed E-state index contributed by atoms with van der Waals surface area (Å²) >= 11 is 0. The molecule has 1 fully saturated rings. The molecule has 35 heavy (non-hydrogen) atoms. The maximum Gasteiger partial charge on any atom is 0.277 e. The molecule has 5 rings (SSSR count). The van der Waals surface area contributed by atoms with E-state index in [-0.39, 0.29) is 30.0 Å². The number of fused-ring (bicyclic) bond motifs is 1. The van der Waals surface area contributed by atoms with E-state index in [4.69, 9.17) is 4.42 Å². The normalized spacial score (nSPS) is 15.9. The Morgan fingerprint density at radius 3 is 2.60 bits per heavy atom. The van der Waals surface area contributed by atoms with Gasteiger partial charge in [-0.3, -0.25) is 19.1 Å². The zero-order valence-corrected chi connectivity index (χ0v) is 19.4. The molecule has 0 saturated carbocycles. The van der Waals surface area contributed by atoms with Gasteiger partial charge in [0.2, 0.25) is 5.91 Å². The molecule has 1 aliphatic carbocycles. The third kappa shape index (κ3) is 5.01. The molecule has 0 atom stereocenters. The van der Waals surface area contributed by atoms with Gasteiger partial charge in [0.05, 0.1) is 5.52 Å². The summed E-state index contributed by atoms with van der Waals surface area (Å²) in [7, 11) is 0. The van der Waals surface area contributed by atoms with Crippen LogP contribution in [0, 0.1) is 6.92 Å². The maximum atomic E-state index is 12.9. The zero-order valence-electron chi connectivity index (χ0n) is 19.4. The van der Waals surface area contributed by atoms with Gasteiger partial charge < -0.3 is 19.5 Å². The lowest BCUT2D eigenvalue weighted by Crippen LogP contribution is -2.51. The third-order valence-corrected chi connectivity index (χ3v) is 6.12. The van der Waals surface area contributed by atoms with Crippen LogP contribution >= 0.6 is 0 Å². The molecule has 2 aliphatic rings. The van der Waals surface area contributed by atoms with Crippen molar-refractivity contribution in [3.8, 4) is 0 Å². The first-order valence-electron chi connectivity index (χ1n) is 11.6. The molecule has 0 bridgehead atoms. The second-order valence-corrected chi connectivity index (χ2v) is 8.62. The molecule has 1 aliphatic heterocycles. The number of aromatic nitrogens is 3. The molecule has 0 radical (unpaired) electrons. The number of benzene rings is 1. The first-order valence-corrected chi connectivity index (χ1v) is 11.6. The minimum atomic E-state index is -0.364. The highest BCUT2D eigenvalue weighted by atomic mass is 16.3. The monoisotopic (exact) mass is 474 g/mol. The Balaban J connectivity index is 1.18. The van der Waals surface area contributed by atoms with E-state index in [0.29, 0.717) is 37.8 Å². The Hall–Kier alpha value is -4.21. The molecule has 1 aromatic carbocycles. The van der Waals surface area contributed by atoms with Crippen LogP contribution in [0.5, 0.6) is 0 Å². The topological polar surface area (TPSA) is 114 Å². The molecule has 180 valence electrons. The highest BCUT2D eigenvalue weighted by Gasteiger charge is 2.25. The van der Waals surface area contributed by atoms with Crippen molar-refractivity contribution < 1.29 is 18.8 Å². The molecule has 3 heterocycles. The zero-order chi connectivity index (χ0) is 24.4. The van der Waals surface area contributed by atoms with Crippen molar-refractivity contribution in [3.63, 3.8) is 0 Å². The molecule has 2 aromatic heterocycles. The number of oxazole rings is 1. The number of piperazine rings is 1. The van der Waals surface area contributed by atoms with E-state index in [9.17, 15) is 14.4 Å². The Kier molecular flexibility index (Phi) is 6.17. The highest BCUT2D eigenvalue weighted by Crippen LogP contribution is 2.19. The Labute approximate surface area is 201 Å². The number of aryl methyl sites for hydroxylation is 1. The van der Waals surface area contributed by atoms with Gasteiger partial charge >= 0.3 is 0 Å².